The lowest BCUT2D eigenvalue weighted by atomic mass is 10.2. The Morgan fingerprint density at radius 3 is 2.71 bits per heavy atom. The molecule has 0 radical (unpaired) electrons. The fourth-order valence-corrected chi connectivity index (χ4v) is 3.55. The van der Waals surface area contributed by atoms with Gasteiger partial charge in [0, 0.05) is 12.2 Å². The number of esters is 1. The Kier molecular flexibility index (Phi) is 4.51. The zero-order chi connectivity index (χ0) is 15.5. The van der Waals surface area contributed by atoms with Crippen LogP contribution in [0.5, 0.6) is 0 Å². The van der Waals surface area contributed by atoms with Gasteiger partial charge in [0.1, 0.15) is 0 Å². The molecule has 1 aliphatic heterocycles. The normalized spacial score (nSPS) is 20.0. The average Bonchev–Trinajstić information content (AvgIpc) is 2.76. The summed E-state index contributed by atoms with van der Waals surface area (Å²) in [6, 6.07) is -0.416. The van der Waals surface area contributed by atoms with E-state index in [1.54, 1.807) is 6.92 Å². The summed E-state index contributed by atoms with van der Waals surface area (Å²) in [5.74, 6) is -1.30. The molecule has 0 saturated carbocycles. The first-order valence-electron chi connectivity index (χ1n) is 6.31. The molecule has 1 unspecified atom stereocenters. The first-order valence-corrected chi connectivity index (χ1v) is 8.13. The van der Waals surface area contributed by atoms with Crippen molar-refractivity contribution in [1.82, 2.24) is 15.3 Å². The van der Waals surface area contributed by atoms with Crippen molar-refractivity contribution in [3.63, 3.8) is 0 Å². The molecule has 0 spiro atoms. The summed E-state index contributed by atoms with van der Waals surface area (Å²) in [6.45, 7) is 1.25. The van der Waals surface area contributed by atoms with Gasteiger partial charge in [-0.25, -0.2) is 18.2 Å². The van der Waals surface area contributed by atoms with Crippen molar-refractivity contribution in [2.75, 3.05) is 18.1 Å². The number of hydrogen-bond donors (Lipinski definition) is 1. The lowest BCUT2D eigenvalue weighted by Gasteiger charge is -2.10. The Morgan fingerprint density at radius 1 is 1.38 bits per heavy atom. The first kappa shape index (κ1) is 15.4. The van der Waals surface area contributed by atoms with Crippen LogP contribution in [0.2, 0.25) is 0 Å². The van der Waals surface area contributed by atoms with Crippen LogP contribution in [0.15, 0.2) is 12.4 Å². The minimum atomic E-state index is -3.06. The second kappa shape index (κ2) is 6.17. The summed E-state index contributed by atoms with van der Waals surface area (Å²) in [5, 5.41) is 2.52. The fourth-order valence-electron chi connectivity index (χ4n) is 1.88. The van der Waals surface area contributed by atoms with Crippen molar-refractivity contribution >= 4 is 21.7 Å². The third-order valence-corrected chi connectivity index (χ3v) is 4.69. The van der Waals surface area contributed by atoms with Gasteiger partial charge in [-0.15, -0.1) is 0 Å². The van der Waals surface area contributed by atoms with E-state index in [0.29, 0.717) is 12.1 Å². The second-order valence-electron chi connectivity index (χ2n) is 4.79. The van der Waals surface area contributed by atoms with E-state index in [4.69, 9.17) is 4.74 Å². The molecule has 1 aliphatic rings. The van der Waals surface area contributed by atoms with Gasteiger partial charge in [0.15, 0.2) is 22.1 Å². The van der Waals surface area contributed by atoms with Gasteiger partial charge < -0.3 is 10.1 Å². The van der Waals surface area contributed by atoms with Crippen molar-refractivity contribution in [3.8, 4) is 0 Å². The van der Waals surface area contributed by atoms with E-state index in [-0.39, 0.29) is 17.2 Å². The van der Waals surface area contributed by atoms with Crippen LogP contribution in [0.3, 0.4) is 0 Å². The highest BCUT2D eigenvalue weighted by Crippen LogP contribution is 2.11. The van der Waals surface area contributed by atoms with Crippen LogP contribution < -0.4 is 5.32 Å². The summed E-state index contributed by atoms with van der Waals surface area (Å²) in [7, 11) is -3.06. The topological polar surface area (TPSA) is 115 Å². The second-order valence-corrected chi connectivity index (χ2v) is 7.02. The molecule has 21 heavy (non-hydrogen) atoms. The van der Waals surface area contributed by atoms with E-state index in [1.165, 1.54) is 12.4 Å². The molecular weight excluding hydrogens is 298 g/mol. The number of amides is 1. The number of ether oxygens (including phenoxy) is 1. The van der Waals surface area contributed by atoms with Crippen molar-refractivity contribution in [2.24, 2.45) is 0 Å². The van der Waals surface area contributed by atoms with E-state index in [0.717, 1.165) is 0 Å². The van der Waals surface area contributed by atoms with Crippen LogP contribution in [0.25, 0.3) is 0 Å². The smallest absolute Gasteiger partial charge is 0.359 e. The summed E-state index contributed by atoms with van der Waals surface area (Å²) >= 11 is 0. The van der Waals surface area contributed by atoms with Gasteiger partial charge in [-0.05, 0) is 13.3 Å². The van der Waals surface area contributed by atoms with Gasteiger partial charge in [-0.1, -0.05) is 0 Å². The number of carbonyl (C=O) groups is 2. The standard InChI is InChI=1S/C12H15N3O5S/c1-8-4-14-10(5-13-8)12(17)20-6-11(16)15-9-2-3-21(18,19)7-9/h4-5,9H,2-3,6-7H2,1H3,(H,15,16). The first-order chi connectivity index (χ1) is 9.85. The fraction of sp³-hybridized carbons (Fsp3) is 0.500. The third kappa shape index (κ3) is 4.48. The minimum Gasteiger partial charge on any atom is -0.451 e. The van der Waals surface area contributed by atoms with Gasteiger partial charge >= 0.3 is 5.97 Å². The van der Waals surface area contributed by atoms with Gasteiger partial charge in [0.05, 0.1) is 23.4 Å². The molecule has 1 saturated heterocycles. The Hall–Kier alpha value is -2.03. The zero-order valence-corrected chi connectivity index (χ0v) is 12.2. The Bertz CT molecular complexity index is 641. The van der Waals surface area contributed by atoms with E-state index in [9.17, 15) is 18.0 Å². The average molecular weight is 313 g/mol. The SMILES string of the molecule is Cc1cnc(C(=O)OCC(=O)NC2CCS(=O)(=O)C2)cn1. The maximum absolute atomic E-state index is 11.6. The highest BCUT2D eigenvalue weighted by Gasteiger charge is 2.29. The summed E-state index contributed by atoms with van der Waals surface area (Å²) in [6.07, 6.45) is 3.06. The third-order valence-electron chi connectivity index (χ3n) is 2.92. The molecule has 1 N–H and O–H groups in total. The van der Waals surface area contributed by atoms with Crippen molar-refractivity contribution in [2.45, 2.75) is 19.4 Å². The predicted octanol–water partition coefficient (Wildman–Crippen LogP) is -0.755. The predicted molar refractivity (Wildman–Crippen MR) is 72.3 cm³/mol. The van der Waals surface area contributed by atoms with Gasteiger partial charge in [0.2, 0.25) is 0 Å². The molecule has 0 aromatic carbocycles. The highest BCUT2D eigenvalue weighted by atomic mass is 32.2. The minimum absolute atomic E-state index is 0.0110. The van der Waals surface area contributed by atoms with Crippen LogP contribution in [-0.2, 0) is 19.4 Å². The summed E-state index contributed by atoms with van der Waals surface area (Å²) < 4.78 is 27.3. The Balaban J connectivity index is 1.79. The lowest BCUT2D eigenvalue weighted by Crippen LogP contribution is -2.38. The van der Waals surface area contributed by atoms with Gasteiger partial charge in [-0.2, -0.15) is 0 Å². The molecular formula is C12H15N3O5S. The number of rotatable bonds is 4. The molecule has 1 aromatic rings. The maximum atomic E-state index is 11.6. The van der Waals surface area contributed by atoms with E-state index < -0.39 is 34.4 Å². The number of sulfone groups is 1. The van der Waals surface area contributed by atoms with Gasteiger partial charge in [-0.3, -0.25) is 9.78 Å². The lowest BCUT2D eigenvalue weighted by molar-refractivity contribution is -0.124. The van der Waals surface area contributed by atoms with E-state index in [2.05, 4.69) is 15.3 Å². The number of aryl methyl sites for hydroxylation is 1. The largest absolute Gasteiger partial charge is 0.451 e. The van der Waals surface area contributed by atoms with Crippen molar-refractivity contribution in [3.05, 3.63) is 23.8 Å². The molecule has 2 heterocycles. The molecule has 1 amide bonds. The number of aromatic nitrogens is 2. The molecule has 1 fully saturated rings. The van der Waals surface area contributed by atoms with Crippen LogP contribution in [-0.4, -0.2) is 54.4 Å². The molecule has 9 heteroatoms. The Morgan fingerprint density at radius 2 is 2.14 bits per heavy atom. The van der Waals surface area contributed by atoms with Crippen LogP contribution in [0.1, 0.15) is 22.6 Å². The molecule has 114 valence electrons. The number of nitrogens with one attached hydrogen (secondary N) is 1. The number of carbonyl (C=O) groups excluding carboxylic acids is 2. The maximum Gasteiger partial charge on any atom is 0.359 e. The molecule has 8 nitrogen and oxygen atoms in total. The number of nitrogens with zero attached hydrogens (tertiary/aromatic N) is 2. The van der Waals surface area contributed by atoms with E-state index in [1.807, 2.05) is 0 Å². The summed E-state index contributed by atoms with van der Waals surface area (Å²) in [4.78, 5) is 30.9. The molecule has 2 rings (SSSR count). The number of hydrogen-bond acceptors (Lipinski definition) is 7. The van der Waals surface area contributed by atoms with Crippen LogP contribution >= 0.6 is 0 Å². The van der Waals surface area contributed by atoms with Crippen molar-refractivity contribution < 1.29 is 22.7 Å². The van der Waals surface area contributed by atoms with Crippen LogP contribution in [0, 0.1) is 6.92 Å². The quantitative estimate of drug-likeness (QED) is 0.727. The van der Waals surface area contributed by atoms with E-state index >= 15 is 0 Å². The highest BCUT2D eigenvalue weighted by molar-refractivity contribution is 7.91. The molecule has 0 bridgehead atoms. The molecule has 1 atom stereocenters. The Labute approximate surface area is 121 Å². The van der Waals surface area contributed by atoms with Gasteiger partial charge in [0.25, 0.3) is 5.91 Å². The zero-order valence-electron chi connectivity index (χ0n) is 11.4. The monoisotopic (exact) mass is 313 g/mol. The summed E-state index contributed by atoms with van der Waals surface area (Å²) in [5.41, 5.74) is 0.670. The molecule has 0 aliphatic carbocycles. The molecule has 1 aromatic heterocycles. The van der Waals surface area contributed by atoms with Crippen molar-refractivity contribution in [1.29, 1.82) is 0 Å². The van der Waals surface area contributed by atoms with Crippen LogP contribution in [0.4, 0.5) is 0 Å².